The summed E-state index contributed by atoms with van der Waals surface area (Å²) in [6, 6.07) is -1.36. The summed E-state index contributed by atoms with van der Waals surface area (Å²) in [4.78, 5) is 22.4. The average molecular weight is 253 g/mol. The van der Waals surface area contributed by atoms with Gasteiger partial charge >= 0.3 is 18.1 Å². The summed E-state index contributed by atoms with van der Waals surface area (Å²) >= 11 is 0. The van der Waals surface area contributed by atoms with E-state index in [4.69, 9.17) is 5.11 Å². The Kier molecular flexibility index (Phi) is 4.00. The molecule has 1 fully saturated rings. The molecule has 1 aliphatic heterocycles. The Balaban J connectivity index is 2.84. The number of amides is 1. The van der Waals surface area contributed by atoms with E-state index in [2.05, 4.69) is 0 Å². The standard InChI is InChI=1S/C10H14F3NO3/c1-2-6-3-4-14(7(5-6)8(15)16)9(17)10(11,12)13/h6-7H,2-5H2,1H3,(H,15,16). The molecule has 2 unspecified atom stereocenters. The van der Waals surface area contributed by atoms with Crippen LogP contribution in [-0.4, -0.2) is 40.6 Å². The van der Waals surface area contributed by atoms with Crippen LogP contribution in [0.3, 0.4) is 0 Å². The number of carbonyl (C=O) groups is 2. The van der Waals surface area contributed by atoms with Crippen molar-refractivity contribution in [2.45, 2.75) is 38.4 Å². The van der Waals surface area contributed by atoms with E-state index in [1.807, 2.05) is 6.92 Å². The van der Waals surface area contributed by atoms with Gasteiger partial charge in [-0.3, -0.25) is 4.79 Å². The maximum absolute atomic E-state index is 12.3. The lowest BCUT2D eigenvalue weighted by Crippen LogP contribution is -2.54. The molecular weight excluding hydrogens is 239 g/mol. The predicted octanol–water partition coefficient (Wildman–Crippen LogP) is 1.65. The predicted molar refractivity (Wildman–Crippen MR) is 52.2 cm³/mol. The first kappa shape index (κ1) is 13.8. The fraction of sp³-hybridized carbons (Fsp3) is 0.800. The number of likely N-dealkylation sites (tertiary alicyclic amines) is 1. The number of hydrogen-bond acceptors (Lipinski definition) is 2. The van der Waals surface area contributed by atoms with Gasteiger partial charge in [0.25, 0.3) is 0 Å². The minimum Gasteiger partial charge on any atom is -0.480 e. The lowest BCUT2D eigenvalue weighted by Gasteiger charge is -2.37. The minimum atomic E-state index is -5.01. The third-order valence-electron chi connectivity index (χ3n) is 3.08. The normalized spacial score (nSPS) is 25.8. The number of piperidine rings is 1. The summed E-state index contributed by atoms with van der Waals surface area (Å²) in [5, 5.41) is 8.88. The molecule has 1 rings (SSSR count). The van der Waals surface area contributed by atoms with Gasteiger partial charge in [-0.15, -0.1) is 0 Å². The molecule has 98 valence electrons. The molecule has 4 nitrogen and oxygen atoms in total. The Labute approximate surface area is 96.4 Å². The third-order valence-corrected chi connectivity index (χ3v) is 3.08. The Morgan fingerprint density at radius 3 is 2.41 bits per heavy atom. The van der Waals surface area contributed by atoms with Crippen molar-refractivity contribution in [3.8, 4) is 0 Å². The highest BCUT2D eigenvalue weighted by molar-refractivity contribution is 5.87. The first-order chi connectivity index (χ1) is 7.77. The van der Waals surface area contributed by atoms with Crippen molar-refractivity contribution in [2.24, 2.45) is 5.92 Å². The fourth-order valence-electron chi connectivity index (χ4n) is 2.05. The molecule has 0 radical (unpaired) electrons. The van der Waals surface area contributed by atoms with Crippen LogP contribution in [0.15, 0.2) is 0 Å². The van der Waals surface area contributed by atoms with Gasteiger partial charge in [-0.2, -0.15) is 13.2 Å². The lowest BCUT2D eigenvalue weighted by atomic mass is 9.89. The molecule has 7 heteroatoms. The zero-order valence-corrected chi connectivity index (χ0v) is 9.33. The lowest BCUT2D eigenvalue weighted by molar-refractivity contribution is -0.192. The quantitative estimate of drug-likeness (QED) is 0.814. The molecule has 0 spiro atoms. The average Bonchev–Trinajstić information content (AvgIpc) is 2.25. The monoisotopic (exact) mass is 253 g/mol. The molecule has 0 saturated carbocycles. The number of rotatable bonds is 2. The van der Waals surface area contributed by atoms with Crippen molar-refractivity contribution in [3.05, 3.63) is 0 Å². The van der Waals surface area contributed by atoms with Crippen LogP contribution in [0.1, 0.15) is 26.2 Å². The van der Waals surface area contributed by atoms with Gasteiger partial charge < -0.3 is 10.0 Å². The molecule has 17 heavy (non-hydrogen) atoms. The van der Waals surface area contributed by atoms with Crippen molar-refractivity contribution in [1.29, 1.82) is 0 Å². The number of nitrogens with zero attached hydrogens (tertiary/aromatic N) is 1. The van der Waals surface area contributed by atoms with Gasteiger partial charge in [-0.25, -0.2) is 4.79 Å². The van der Waals surface area contributed by atoms with Gasteiger partial charge in [-0.05, 0) is 18.8 Å². The molecule has 0 aromatic rings. The van der Waals surface area contributed by atoms with Crippen molar-refractivity contribution >= 4 is 11.9 Å². The van der Waals surface area contributed by atoms with Crippen LogP contribution in [0.4, 0.5) is 13.2 Å². The number of hydrogen-bond donors (Lipinski definition) is 1. The van der Waals surface area contributed by atoms with Gasteiger partial charge in [0.2, 0.25) is 0 Å². The van der Waals surface area contributed by atoms with Gasteiger partial charge in [0.15, 0.2) is 0 Å². The molecule has 1 saturated heterocycles. The molecule has 1 aliphatic rings. The largest absolute Gasteiger partial charge is 0.480 e. The van der Waals surface area contributed by atoms with Crippen LogP contribution in [-0.2, 0) is 9.59 Å². The Morgan fingerprint density at radius 1 is 1.41 bits per heavy atom. The Bertz CT molecular complexity index is 316. The number of carbonyl (C=O) groups excluding carboxylic acids is 1. The third kappa shape index (κ3) is 3.10. The van der Waals surface area contributed by atoms with E-state index in [-0.39, 0.29) is 18.9 Å². The van der Waals surface area contributed by atoms with Crippen LogP contribution in [0.5, 0.6) is 0 Å². The topological polar surface area (TPSA) is 57.6 Å². The van der Waals surface area contributed by atoms with Crippen molar-refractivity contribution in [3.63, 3.8) is 0 Å². The highest BCUT2D eigenvalue weighted by atomic mass is 19.4. The summed E-state index contributed by atoms with van der Waals surface area (Å²) in [6.45, 7) is 1.71. The smallest absolute Gasteiger partial charge is 0.471 e. The SMILES string of the molecule is CCC1CCN(C(=O)C(F)(F)F)C(C(=O)O)C1. The first-order valence-electron chi connectivity index (χ1n) is 5.38. The van der Waals surface area contributed by atoms with Crippen LogP contribution in [0, 0.1) is 5.92 Å². The summed E-state index contributed by atoms with van der Waals surface area (Å²) in [7, 11) is 0. The van der Waals surface area contributed by atoms with E-state index >= 15 is 0 Å². The second-order valence-corrected chi connectivity index (χ2v) is 4.15. The summed E-state index contributed by atoms with van der Waals surface area (Å²) in [6.07, 6.45) is -3.79. The molecule has 1 N–H and O–H groups in total. The van der Waals surface area contributed by atoms with Gasteiger partial charge in [0.05, 0.1) is 0 Å². The number of carboxylic acid groups (broad SMARTS) is 1. The highest BCUT2D eigenvalue weighted by Crippen LogP contribution is 2.29. The van der Waals surface area contributed by atoms with Gasteiger partial charge in [0.1, 0.15) is 6.04 Å². The van der Waals surface area contributed by atoms with E-state index in [1.54, 1.807) is 0 Å². The Morgan fingerprint density at radius 2 is 2.00 bits per heavy atom. The van der Waals surface area contributed by atoms with E-state index in [0.29, 0.717) is 17.7 Å². The Hall–Kier alpha value is -1.27. The van der Waals surface area contributed by atoms with E-state index in [0.717, 1.165) is 0 Å². The van der Waals surface area contributed by atoms with E-state index < -0.39 is 24.1 Å². The molecule has 1 amide bonds. The summed E-state index contributed by atoms with van der Waals surface area (Å²) < 4.78 is 36.8. The van der Waals surface area contributed by atoms with Crippen LogP contribution >= 0.6 is 0 Å². The second-order valence-electron chi connectivity index (χ2n) is 4.15. The highest BCUT2D eigenvalue weighted by Gasteiger charge is 2.47. The molecule has 0 bridgehead atoms. The maximum Gasteiger partial charge on any atom is 0.471 e. The zero-order chi connectivity index (χ0) is 13.2. The van der Waals surface area contributed by atoms with Crippen LogP contribution < -0.4 is 0 Å². The number of carboxylic acids is 1. The number of aliphatic carboxylic acids is 1. The molecule has 0 aromatic heterocycles. The minimum absolute atomic E-state index is 0.0633. The van der Waals surface area contributed by atoms with Gasteiger partial charge in [0, 0.05) is 6.54 Å². The van der Waals surface area contributed by atoms with Crippen molar-refractivity contribution in [1.82, 2.24) is 4.90 Å². The summed E-state index contributed by atoms with van der Waals surface area (Å²) in [5.74, 6) is -3.37. The molecule has 0 aliphatic carbocycles. The van der Waals surface area contributed by atoms with E-state index in [9.17, 15) is 22.8 Å². The summed E-state index contributed by atoms with van der Waals surface area (Å²) in [5.41, 5.74) is 0. The molecule has 0 aromatic carbocycles. The van der Waals surface area contributed by atoms with Crippen molar-refractivity contribution in [2.75, 3.05) is 6.54 Å². The number of halogens is 3. The first-order valence-corrected chi connectivity index (χ1v) is 5.38. The van der Waals surface area contributed by atoms with Crippen LogP contribution in [0.2, 0.25) is 0 Å². The molecular formula is C10H14F3NO3. The molecule has 2 atom stereocenters. The maximum atomic E-state index is 12.3. The second kappa shape index (κ2) is 4.93. The number of alkyl halides is 3. The van der Waals surface area contributed by atoms with Gasteiger partial charge in [-0.1, -0.05) is 13.3 Å². The zero-order valence-electron chi connectivity index (χ0n) is 9.33. The molecule has 1 heterocycles. The van der Waals surface area contributed by atoms with Crippen LogP contribution in [0.25, 0.3) is 0 Å². The fourth-order valence-corrected chi connectivity index (χ4v) is 2.05. The van der Waals surface area contributed by atoms with Crippen molar-refractivity contribution < 1.29 is 27.9 Å². The van der Waals surface area contributed by atoms with E-state index in [1.165, 1.54) is 0 Å².